The van der Waals surface area contributed by atoms with Gasteiger partial charge >= 0.3 is 0 Å². The van der Waals surface area contributed by atoms with E-state index in [9.17, 15) is 9.59 Å². The zero-order valence-corrected chi connectivity index (χ0v) is 16.6. The Balaban J connectivity index is 0.00000243. The maximum absolute atomic E-state index is 12.9. The van der Waals surface area contributed by atoms with Crippen LogP contribution in [0, 0.1) is 11.8 Å². The van der Waals surface area contributed by atoms with Gasteiger partial charge in [-0.3, -0.25) is 9.59 Å². The molecule has 2 aliphatic heterocycles. The molecule has 1 aromatic rings. The molecule has 6 heteroatoms. The van der Waals surface area contributed by atoms with Crippen LogP contribution >= 0.6 is 12.4 Å². The summed E-state index contributed by atoms with van der Waals surface area (Å²) >= 11 is 0. The molecule has 0 bridgehead atoms. The molecule has 0 aliphatic carbocycles. The van der Waals surface area contributed by atoms with E-state index < -0.39 is 0 Å². The number of hydrogen-bond donors (Lipinski definition) is 1. The van der Waals surface area contributed by atoms with Crippen molar-refractivity contribution >= 4 is 24.2 Å². The lowest BCUT2D eigenvalue weighted by atomic mass is 10.0. The summed E-state index contributed by atoms with van der Waals surface area (Å²) in [6, 6.07) is 7.25. The van der Waals surface area contributed by atoms with Crippen LogP contribution < -0.4 is 5.32 Å². The second-order valence-electron chi connectivity index (χ2n) is 7.26. The quantitative estimate of drug-likeness (QED) is 0.826. The highest BCUT2D eigenvalue weighted by molar-refractivity contribution is 5.99. The number of fused-ring (bicyclic) bond motifs is 1. The van der Waals surface area contributed by atoms with E-state index in [1.807, 2.05) is 28.0 Å². The average Bonchev–Trinajstić information content (AvgIpc) is 3.22. The van der Waals surface area contributed by atoms with Gasteiger partial charge in [0.05, 0.1) is 0 Å². The molecule has 144 valence electrons. The summed E-state index contributed by atoms with van der Waals surface area (Å²) in [5.74, 6) is 1.25. The summed E-state index contributed by atoms with van der Waals surface area (Å²) < 4.78 is 0. The van der Waals surface area contributed by atoms with Gasteiger partial charge in [0.1, 0.15) is 0 Å². The van der Waals surface area contributed by atoms with Crippen LogP contribution in [0.5, 0.6) is 0 Å². The molecule has 0 spiro atoms. The van der Waals surface area contributed by atoms with Crippen LogP contribution in [0.1, 0.15) is 47.4 Å². The first-order valence-corrected chi connectivity index (χ1v) is 9.53. The molecule has 2 atom stereocenters. The fraction of sp³-hybridized carbons (Fsp3) is 0.600. The van der Waals surface area contributed by atoms with E-state index in [-0.39, 0.29) is 24.2 Å². The van der Waals surface area contributed by atoms with Crippen molar-refractivity contribution in [3.05, 3.63) is 35.4 Å². The topological polar surface area (TPSA) is 52.7 Å². The number of carbonyl (C=O) groups excluding carboxylic acids is 2. The normalized spacial score (nSPS) is 21.2. The van der Waals surface area contributed by atoms with Gasteiger partial charge in [0.25, 0.3) is 11.8 Å². The lowest BCUT2D eigenvalue weighted by Gasteiger charge is -2.22. The Bertz CT molecular complexity index is 619. The molecular weight excluding hydrogens is 350 g/mol. The minimum atomic E-state index is 0. The fourth-order valence-electron chi connectivity index (χ4n) is 4.03. The van der Waals surface area contributed by atoms with Crippen molar-refractivity contribution in [2.45, 2.75) is 26.7 Å². The number of nitrogens with zero attached hydrogens (tertiary/aromatic N) is 2. The van der Waals surface area contributed by atoms with E-state index in [2.05, 4.69) is 19.2 Å². The predicted molar refractivity (Wildman–Crippen MR) is 106 cm³/mol. The monoisotopic (exact) mass is 379 g/mol. The molecule has 0 saturated carbocycles. The summed E-state index contributed by atoms with van der Waals surface area (Å²) in [4.78, 5) is 29.5. The van der Waals surface area contributed by atoms with Gasteiger partial charge in [-0.15, -0.1) is 12.4 Å². The van der Waals surface area contributed by atoms with Crippen molar-refractivity contribution in [1.82, 2.24) is 15.1 Å². The Morgan fingerprint density at radius 3 is 2.23 bits per heavy atom. The standard InChI is InChI=1S/C20H29N3O2.ClH/c1-3-8-22(9-4-2)19(24)15-6-5-7-16(10-15)20(25)23-13-17-11-21-12-18(17)14-23;/h5-7,10,17-18,21H,3-4,8-9,11-14H2,1-2H3;1H/t17-,18+;. The third kappa shape index (κ3) is 4.38. The van der Waals surface area contributed by atoms with Gasteiger partial charge in [0, 0.05) is 50.4 Å². The largest absolute Gasteiger partial charge is 0.339 e. The lowest BCUT2D eigenvalue weighted by Crippen LogP contribution is -2.33. The highest BCUT2D eigenvalue weighted by Crippen LogP contribution is 2.27. The Kier molecular flexibility index (Phi) is 7.47. The second-order valence-corrected chi connectivity index (χ2v) is 7.26. The van der Waals surface area contributed by atoms with Crippen molar-refractivity contribution in [2.75, 3.05) is 39.3 Å². The van der Waals surface area contributed by atoms with E-state index in [1.165, 1.54) is 0 Å². The first kappa shape index (κ1) is 20.7. The zero-order chi connectivity index (χ0) is 17.8. The van der Waals surface area contributed by atoms with E-state index in [4.69, 9.17) is 0 Å². The average molecular weight is 380 g/mol. The lowest BCUT2D eigenvalue weighted by molar-refractivity contribution is 0.0755. The maximum Gasteiger partial charge on any atom is 0.253 e. The molecule has 0 aromatic heterocycles. The smallest absolute Gasteiger partial charge is 0.253 e. The minimum Gasteiger partial charge on any atom is -0.339 e. The molecule has 2 saturated heterocycles. The summed E-state index contributed by atoms with van der Waals surface area (Å²) in [7, 11) is 0. The molecule has 2 amide bonds. The minimum absolute atomic E-state index is 0. The first-order valence-electron chi connectivity index (χ1n) is 9.53. The number of nitrogens with one attached hydrogen (secondary N) is 1. The molecule has 0 radical (unpaired) electrons. The Hall–Kier alpha value is -1.59. The summed E-state index contributed by atoms with van der Waals surface area (Å²) in [5.41, 5.74) is 1.25. The fourth-order valence-corrected chi connectivity index (χ4v) is 4.03. The van der Waals surface area contributed by atoms with Crippen LogP contribution in [0.4, 0.5) is 0 Å². The number of benzene rings is 1. The summed E-state index contributed by atoms with van der Waals surface area (Å²) in [6.45, 7) is 9.34. The molecule has 2 fully saturated rings. The van der Waals surface area contributed by atoms with Crippen LogP contribution in [0.2, 0.25) is 0 Å². The third-order valence-electron chi connectivity index (χ3n) is 5.31. The Morgan fingerprint density at radius 1 is 1.08 bits per heavy atom. The number of halogens is 1. The van der Waals surface area contributed by atoms with Crippen LogP contribution in [-0.2, 0) is 0 Å². The molecule has 2 aliphatic rings. The molecule has 5 nitrogen and oxygen atoms in total. The van der Waals surface area contributed by atoms with Crippen LogP contribution in [0.3, 0.4) is 0 Å². The van der Waals surface area contributed by atoms with Crippen molar-refractivity contribution in [1.29, 1.82) is 0 Å². The molecule has 2 heterocycles. The Labute approximate surface area is 162 Å². The van der Waals surface area contributed by atoms with Crippen LogP contribution in [0.25, 0.3) is 0 Å². The molecule has 0 unspecified atom stereocenters. The summed E-state index contributed by atoms with van der Waals surface area (Å²) in [6.07, 6.45) is 1.88. The van der Waals surface area contributed by atoms with Gasteiger partial charge in [0.15, 0.2) is 0 Å². The highest BCUT2D eigenvalue weighted by Gasteiger charge is 2.38. The predicted octanol–water partition coefficient (Wildman–Crippen LogP) is 2.66. The number of likely N-dealkylation sites (tertiary alicyclic amines) is 1. The van der Waals surface area contributed by atoms with Gasteiger partial charge in [0.2, 0.25) is 0 Å². The van der Waals surface area contributed by atoms with Crippen molar-refractivity contribution < 1.29 is 9.59 Å². The van der Waals surface area contributed by atoms with Crippen molar-refractivity contribution in [3.8, 4) is 0 Å². The summed E-state index contributed by atoms with van der Waals surface area (Å²) in [5, 5.41) is 3.40. The number of amides is 2. The van der Waals surface area contributed by atoms with Gasteiger partial charge in [-0.2, -0.15) is 0 Å². The zero-order valence-electron chi connectivity index (χ0n) is 15.7. The molecule has 3 rings (SSSR count). The van der Waals surface area contributed by atoms with Gasteiger partial charge in [-0.05, 0) is 42.9 Å². The highest BCUT2D eigenvalue weighted by atomic mass is 35.5. The molecule has 1 N–H and O–H groups in total. The van der Waals surface area contributed by atoms with Gasteiger partial charge in [-0.1, -0.05) is 19.9 Å². The van der Waals surface area contributed by atoms with E-state index in [1.54, 1.807) is 6.07 Å². The molecule has 1 aromatic carbocycles. The van der Waals surface area contributed by atoms with Crippen molar-refractivity contribution in [2.24, 2.45) is 11.8 Å². The van der Waals surface area contributed by atoms with Gasteiger partial charge in [-0.25, -0.2) is 0 Å². The number of carbonyl (C=O) groups is 2. The third-order valence-corrected chi connectivity index (χ3v) is 5.31. The van der Waals surface area contributed by atoms with Crippen LogP contribution in [-0.4, -0.2) is 60.9 Å². The van der Waals surface area contributed by atoms with Crippen LogP contribution in [0.15, 0.2) is 24.3 Å². The first-order chi connectivity index (χ1) is 12.1. The van der Waals surface area contributed by atoms with E-state index in [0.29, 0.717) is 23.0 Å². The maximum atomic E-state index is 12.9. The van der Waals surface area contributed by atoms with E-state index in [0.717, 1.165) is 52.1 Å². The molecule has 26 heavy (non-hydrogen) atoms. The SMILES string of the molecule is CCCN(CCC)C(=O)c1cccc(C(=O)N2C[C@H]3CNC[C@H]3C2)c1.Cl. The second kappa shape index (κ2) is 9.38. The Morgan fingerprint density at radius 2 is 1.65 bits per heavy atom. The molecular formula is C20H30ClN3O2. The number of hydrogen-bond acceptors (Lipinski definition) is 3. The van der Waals surface area contributed by atoms with E-state index >= 15 is 0 Å². The number of rotatable bonds is 6. The van der Waals surface area contributed by atoms with Gasteiger partial charge < -0.3 is 15.1 Å². The van der Waals surface area contributed by atoms with Crippen molar-refractivity contribution in [3.63, 3.8) is 0 Å².